The predicted molar refractivity (Wildman–Crippen MR) is 40.0 cm³/mol. The van der Waals surface area contributed by atoms with Crippen LogP contribution < -0.4 is 0 Å². The van der Waals surface area contributed by atoms with Crippen molar-refractivity contribution in [3.05, 3.63) is 28.1 Å². The molecule has 0 saturated carbocycles. The second-order valence-electron chi connectivity index (χ2n) is 2.67. The summed E-state index contributed by atoms with van der Waals surface area (Å²) in [4.78, 5) is 21.0. The molecule has 5 heteroatoms. The number of fused-ring (bicyclic) bond motifs is 1. The minimum absolute atomic E-state index is 0.0718. The molecule has 0 aromatic carbocycles. The Labute approximate surface area is 67.8 Å². The lowest BCUT2D eigenvalue weighted by Crippen LogP contribution is -1.97. The number of carbonyl (C=O) groups is 1. The van der Waals surface area contributed by atoms with Crippen molar-refractivity contribution in [2.45, 2.75) is 13.0 Å². The fourth-order valence-corrected chi connectivity index (χ4v) is 1.44. The summed E-state index contributed by atoms with van der Waals surface area (Å²) in [5, 5.41) is 10.4. The summed E-state index contributed by atoms with van der Waals surface area (Å²) in [5.74, 6) is -0.133. The van der Waals surface area contributed by atoms with E-state index in [2.05, 4.69) is 0 Å². The molecule has 1 aliphatic heterocycles. The van der Waals surface area contributed by atoms with Gasteiger partial charge in [-0.3, -0.25) is 14.9 Å². The fraction of sp³-hybridized carbons (Fsp3) is 0.286. The SMILES string of the molecule is O=C1CCn2ccc([N+](=O)[O-])c21. The third-order valence-corrected chi connectivity index (χ3v) is 1.98. The Hall–Kier alpha value is -1.65. The number of hydrogen-bond acceptors (Lipinski definition) is 3. The highest BCUT2D eigenvalue weighted by atomic mass is 16.6. The van der Waals surface area contributed by atoms with Gasteiger partial charge in [0.15, 0.2) is 11.5 Å². The molecule has 0 N–H and O–H groups in total. The van der Waals surface area contributed by atoms with Gasteiger partial charge in [-0.15, -0.1) is 0 Å². The van der Waals surface area contributed by atoms with Gasteiger partial charge in [-0.1, -0.05) is 0 Å². The molecule has 0 unspecified atom stereocenters. The second kappa shape index (κ2) is 2.17. The number of aryl methyl sites for hydroxylation is 1. The number of aromatic nitrogens is 1. The maximum atomic E-state index is 11.1. The Kier molecular flexibility index (Phi) is 1.27. The lowest BCUT2D eigenvalue weighted by atomic mass is 10.2. The van der Waals surface area contributed by atoms with Crippen molar-refractivity contribution < 1.29 is 9.72 Å². The summed E-state index contributed by atoms with van der Waals surface area (Å²) >= 11 is 0. The monoisotopic (exact) mass is 166 g/mol. The molecule has 62 valence electrons. The molecule has 1 aromatic rings. The summed E-state index contributed by atoms with van der Waals surface area (Å²) in [6.45, 7) is 0.571. The maximum absolute atomic E-state index is 11.1. The summed E-state index contributed by atoms with van der Waals surface area (Å²) in [6, 6.07) is 1.37. The van der Waals surface area contributed by atoms with E-state index >= 15 is 0 Å². The molecule has 2 rings (SSSR count). The first-order valence-corrected chi connectivity index (χ1v) is 3.57. The van der Waals surface area contributed by atoms with Crippen LogP contribution in [-0.4, -0.2) is 15.3 Å². The molecular formula is C7H6N2O3. The number of ketones is 1. The highest BCUT2D eigenvalue weighted by Gasteiger charge is 2.29. The average molecular weight is 166 g/mol. The van der Waals surface area contributed by atoms with E-state index in [0.29, 0.717) is 13.0 Å². The number of hydrogen-bond donors (Lipinski definition) is 0. The van der Waals surface area contributed by atoms with Crippen molar-refractivity contribution in [3.63, 3.8) is 0 Å². The third kappa shape index (κ3) is 0.761. The molecule has 0 amide bonds. The molecule has 12 heavy (non-hydrogen) atoms. The third-order valence-electron chi connectivity index (χ3n) is 1.98. The van der Waals surface area contributed by atoms with Crippen LogP contribution in [0.5, 0.6) is 0 Å². The minimum Gasteiger partial charge on any atom is -0.339 e. The lowest BCUT2D eigenvalue weighted by Gasteiger charge is -1.90. The number of nitro groups is 1. The van der Waals surface area contributed by atoms with Crippen LogP contribution in [0.4, 0.5) is 5.69 Å². The molecule has 0 spiro atoms. The van der Waals surface area contributed by atoms with Gasteiger partial charge in [0.1, 0.15) is 0 Å². The first kappa shape index (κ1) is 7.02. The summed E-state index contributed by atoms with van der Waals surface area (Å²) < 4.78 is 1.63. The van der Waals surface area contributed by atoms with Gasteiger partial charge in [0.2, 0.25) is 0 Å². The maximum Gasteiger partial charge on any atom is 0.298 e. The van der Waals surface area contributed by atoms with Crippen LogP contribution in [-0.2, 0) is 6.54 Å². The van der Waals surface area contributed by atoms with E-state index in [1.807, 2.05) is 0 Å². The fourth-order valence-electron chi connectivity index (χ4n) is 1.44. The smallest absolute Gasteiger partial charge is 0.298 e. The van der Waals surface area contributed by atoms with Crippen molar-refractivity contribution in [1.29, 1.82) is 0 Å². The minimum atomic E-state index is -0.519. The van der Waals surface area contributed by atoms with Crippen molar-refractivity contribution in [1.82, 2.24) is 4.57 Å². The Balaban J connectivity index is 2.60. The molecule has 0 aliphatic carbocycles. The molecular weight excluding hydrogens is 160 g/mol. The van der Waals surface area contributed by atoms with Crippen LogP contribution in [0.25, 0.3) is 0 Å². The van der Waals surface area contributed by atoms with Gasteiger partial charge in [0.25, 0.3) is 5.69 Å². The summed E-state index contributed by atoms with van der Waals surface area (Å²) in [6.07, 6.45) is 1.97. The molecule has 1 aromatic heterocycles. The van der Waals surface area contributed by atoms with Crippen molar-refractivity contribution in [2.24, 2.45) is 0 Å². The molecule has 2 heterocycles. The zero-order valence-corrected chi connectivity index (χ0v) is 6.19. The van der Waals surface area contributed by atoms with E-state index in [1.165, 1.54) is 6.07 Å². The van der Waals surface area contributed by atoms with Crippen LogP contribution in [0.3, 0.4) is 0 Å². The first-order valence-electron chi connectivity index (χ1n) is 3.57. The van der Waals surface area contributed by atoms with E-state index in [-0.39, 0.29) is 17.2 Å². The molecule has 1 aliphatic rings. The van der Waals surface area contributed by atoms with E-state index in [4.69, 9.17) is 0 Å². The molecule has 5 nitrogen and oxygen atoms in total. The Morgan fingerprint density at radius 2 is 2.33 bits per heavy atom. The highest BCUT2D eigenvalue weighted by molar-refractivity contribution is 6.00. The van der Waals surface area contributed by atoms with E-state index in [9.17, 15) is 14.9 Å². The van der Waals surface area contributed by atoms with E-state index in [0.717, 1.165) is 0 Å². The number of rotatable bonds is 1. The van der Waals surface area contributed by atoms with Gasteiger partial charge in [0, 0.05) is 25.2 Å². The number of nitrogens with zero attached hydrogens (tertiary/aromatic N) is 2. The quantitative estimate of drug-likeness (QED) is 0.461. The molecule has 0 fully saturated rings. The lowest BCUT2D eigenvalue weighted by molar-refractivity contribution is -0.385. The Bertz CT molecular complexity index is 367. The topological polar surface area (TPSA) is 65.1 Å². The van der Waals surface area contributed by atoms with Gasteiger partial charge < -0.3 is 4.57 Å². The summed E-state index contributed by atoms with van der Waals surface area (Å²) in [5.41, 5.74) is 0.178. The number of carbonyl (C=O) groups excluding carboxylic acids is 1. The van der Waals surface area contributed by atoms with Gasteiger partial charge in [-0.2, -0.15) is 0 Å². The van der Waals surface area contributed by atoms with Crippen molar-refractivity contribution in [2.75, 3.05) is 0 Å². The molecule has 0 radical (unpaired) electrons. The van der Waals surface area contributed by atoms with Gasteiger partial charge in [-0.05, 0) is 0 Å². The zero-order chi connectivity index (χ0) is 8.72. The van der Waals surface area contributed by atoms with Gasteiger partial charge >= 0.3 is 0 Å². The van der Waals surface area contributed by atoms with Crippen LogP contribution in [0, 0.1) is 10.1 Å². The Morgan fingerprint density at radius 3 is 3.00 bits per heavy atom. The van der Waals surface area contributed by atoms with Crippen LogP contribution in [0.1, 0.15) is 16.9 Å². The largest absolute Gasteiger partial charge is 0.339 e. The zero-order valence-electron chi connectivity index (χ0n) is 6.19. The van der Waals surface area contributed by atoms with Crippen LogP contribution in [0.2, 0.25) is 0 Å². The van der Waals surface area contributed by atoms with Crippen molar-refractivity contribution >= 4 is 11.5 Å². The predicted octanol–water partition coefficient (Wildman–Crippen LogP) is 0.983. The summed E-state index contributed by atoms with van der Waals surface area (Å²) in [7, 11) is 0. The van der Waals surface area contributed by atoms with E-state index in [1.54, 1.807) is 10.8 Å². The highest BCUT2D eigenvalue weighted by Crippen LogP contribution is 2.26. The van der Waals surface area contributed by atoms with Crippen LogP contribution >= 0.6 is 0 Å². The number of Topliss-reactive ketones (excluding diaryl/α,β-unsaturated/α-hetero) is 1. The second-order valence-corrected chi connectivity index (χ2v) is 2.67. The Morgan fingerprint density at radius 1 is 1.58 bits per heavy atom. The average Bonchev–Trinajstić information content (AvgIpc) is 2.53. The van der Waals surface area contributed by atoms with Crippen LogP contribution in [0.15, 0.2) is 12.3 Å². The standard InChI is InChI=1S/C7H6N2O3/c10-6-2-4-8-3-1-5(7(6)8)9(11)12/h1,3H,2,4H2. The molecule has 0 saturated heterocycles. The van der Waals surface area contributed by atoms with Gasteiger partial charge in [-0.25, -0.2) is 0 Å². The van der Waals surface area contributed by atoms with Gasteiger partial charge in [0.05, 0.1) is 4.92 Å². The first-order chi connectivity index (χ1) is 5.70. The van der Waals surface area contributed by atoms with E-state index < -0.39 is 4.92 Å². The molecule has 0 bridgehead atoms. The van der Waals surface area contributed by atoms with Crippen molar-refractivity contribution in [3.8, 4) is 0 Å². The normalized spacial score (nSPS) is 14.8. The molecule has 0 atom stereocenters.